The Morgan fingerprint density at radius 2 is 1.93 bits per heavy atom. The highest BCUT2D eigenvalue weighted by Crippen LogP contribution is 2.24. The van der Waals surface area contributed by atoms with Crippen molar-refractivity contribution < 1.29 is 9.53 Å². The molecule has 154 valence electrons. The van der Waals surface area contributed by atoms with Crippen molar-refractivity contribution in [3.8, 4) is 5.75 Å². The van der Waals surface area contributed by atoms with E-state index in [1.165, 1.54) is 17.9 Å². The number of fused-ring (bicyclic) bond motifs is 1. The molecule has 0 spiro atoms. The highest BCUT2D eigenvalue weighted by atomic mass is 16.5. The van der Waals surface area contributed by atoms with Crippen LogP contribution in [0.1, 0.15) is 26.2 Å². The maximum Gasteiger partial charge on any atom is 0.332 e. The molecule has 3 aromatic rings. The Morgan fingerprint density at radius 1 is 1.17 bits per heavy atom. The zero-order valence-electron chi connectivity index (χ0n) is 16.8. The topological polar surface area (TPSA) is 100 Å². The molecule has 3 rings (SSSR count). The fraction of sp³-hybridized carbons (Fsp3) is 0.400. The van der Waals surface area contributed by atoms with Crippen LogP contribution in [0.25, 0.3) is 11.2 Å². The van der Waals surface area contributed by atoms with Crippen LogP contribution in [0.5, 0.6) is 5.75 Å². The molecular formula is C20H25N5O4. The summed E-state index contributed by atoms with van der Waals surface area (Å²) in [7, 11) is 3.01. The van der Waals surface area contributed by atoms with E-state index in [9.17, 15) is 14.4 Å². The van der Waals surface area contributed by atoms with Crippen molar-refractivity contribution >= 4 is 22.8 Å². The number of nitrogens with zero attached hydrogens (tertiary/aromatic N) is 4. The summed E-state index contributed by atoms with van der Waals surface area (Å²) in [6.07, 6.45) is 3.19. The number of anilines is 1. The third-order valence-corrected chi connectivity index (χ3v) is 4.64. The SMILES string of the molecule is CCCOc1ccccc1NC(=O)CCCn1cnc2c1c(=O)n(C)c(=O)n2C. The van der Waals surface area contributed by atoms with Gasteiger partial charge in [0.1, 0.15) is 5.75 Å². The molecule has 29 heavy (non-hydrogen) atoms. The fourth-order valence-electron chi connectivity index (χ4n) is 3.10. The van der Waals surface area contributed by atoms with E-state index in [2.05, 4.69) is 10.3 Å². The summed E-state index contributed by atoms with van der Waals surface area (Å²) in [5.41, 5.74) is 0.518. The number of para-hydroxylation sites is 2. The van der Waals surface area contributed by atoms with Gasteiger partial charge in [-0.15, -0.1) is 0 Å². The number of aromatic nitrogens is 4. The van der Waals surface area contributed by atoms with E-state index in [4.69, 9.17) is 4.74 Å². The van der Waals surface area contributed by atoms with Crippen molar-refractivity contribution in [2.45, 2.75) is 32.7 Å². The number of imidazole rings is 1. The monoisotopic (exact) mass is 399 g/mol. The van der Waals surface area contributed by atoms with Gasteiger partial charge in [0.15, 0.2) is 11.2 Å². The molecule has 1 amide bonds. The molecule has 0 radical (unpaired) electrons. The minimum Gasteiger partial charge on any atom is -0.491 e. The molecule has 0 bridgehead atoms. The van der Waals surface area contributed by atoms with Gasteiger partial charge < -0.3 is 14.6 Å². The average molecular weight is 399 g/mol. The van der Waals surface area contributed by atoms with E-state index in [1.54, 1.807) is 17.7 Å². The number of carbonyl (C=O) groups is 1. The van der Waals surface area contributed by atoms with Crippen LogP contribution >= 0.6 is 0 Å². The number of benzene rings is 1. The molecule has 1 aromatic carbocycles. The first kappa shape index (κ1) is 20.4. The Labute approximate surface area is 167 Å². The van der Waals surface area contributed by atoms with E-state index in [0.29, 0.717) is 42.2 Å². The molecule has 0 aliphatic rings. The summed E-state index contributed by atoms with van der Waals surface area (Å²) in [5.74, 6) is 0.509. The zero-order valence-corrected chi connectivity index (χ0v) is 16.8. The molecule has 0 saturated carbocycles. The van der Waals surface area contributed by atoms with Crippen LogP contribution < -0.4 is 21.3 Å². The number of amides is 1. The first-order valence-electron chi connectivity index (χ1n) is 9.56. The Morgan fingerprint density at radius 3 is 2.69 bits per heavy atom. The van der Waals surface area contributed by atoms with E-state index < -0.39 is 11.2 Å². The molecule has 0 fully saturated rings. The maximum absolute atomic E-state index is 12.4. The smallest absolute Gasteiger partial charge is 0.332 e. The first-order valence-corrected chi connectivity index (χ1v) is 9.56. The second-order valence-corrected chi connectivity index (χ2v) is 6.81. The molecule has 0 unspecified atom stereocenters. The van der Waals surface area contributed by atoms with Gasteiger partial charge >= 0.3 is 5.69 Å². The van der Waals surface area contributed by atoms with Crippen LogP contribution in [-0.2, 0) is 25.4 Å². The normalized spacial score (nSPS) is 11.0. The van der Waals surface area contributed by atoms with Crippen LogP contribution in [0.2, 0.25) is 0 Å². The third-order valence-electron chi connectivity index (χ3n) is 4.64. The number of aryl methyl sites for hydroxylation is 2. The van der Waals surface area contributed by atoms with Crippen molar-refractivity contribution in [1.82, 2.24) is 18.7 Å². The molecule has 2 aromatic heterocycles. The first-order chi connectivity index (χ1) is 13.9. The largest absolute Gasteiger partial charge is 0.491 e. The summed E-state index contributed by atoms with van der Waals surface area (Å²) >= 11 is 0. The van der Waals surface area contributed by atoms with Gasteiger partial charge in [-0.3, -0.25) is 18.7 Å². The Balaban J connectivity index is 1.66. The summed E-state index contributed by atoms with van der Waals surface area (Å²) in [6, 6.07) is 7.32. The number of hydrogen-bond acceptors (Lipinski definition) is 5. The molecule has 0 aliphatic heterocycles. The van der Waals surface area contributed by atoms with Crippen LogP contribution in [0, 0.1) is 0 Å². The number of carbonyl (C=O) groups excluding carboxylic acids is 1. The molecule has 0 saturated heterocycles. The summed E-state index contributed by atoms with van der Waals surface area (Å²) in [6.45, 7) is 3.04. The molecule has 0 aliphatic carbocycles. The van der Waals surface area contributed by atoms with Crippen molar-refractivity contribution in [2.75, 3.05) is 11.9 Å². The van der Waals surface area contributed by atoms with Crippen molar-refractivity contribution in [1.29, 1.82) is 0 Å². The van der Waals surface area contributed by atoms with Crippen molar-refractivity contribution in [3.63, 3.8) is 0 Å². The maximum atomic E-state index is 12.4. The molecule has 9 nitrogen and oxygen atoms in total. The minimum absolute atomic E-state index is 0.137. The predicted octanol–water partition coefficient (Wildman–Crippen LogP) is 1.64. The number of hydrogen-bond donors (Lipinski definition) is 1. The highest BCUT2D eigenvalue weighted by molar-refractivity contribution is 5.92. The van der Waals surface area contributed by atoms with Gasteiger partial charge in [-0.25, -0.2) is 9.78 Å². The van der Waals surface area contributed by atoms with E-state index in [1.807, 2.05) is 25.1 Å². The molecule has 2 heterocycles. The standard InChI is InChI=1S/C20H25N5O4/c1-4-12-29-15-9-6-5-8-14(15)22-16(26)10-7-11-25-13-21-18-17(25)19(27)24(3)20(28)23(18)2/h5-6,8-9,13H,4,7,10-12H2,1-3H3,(H,22,26). The summed E-state index contributed by atoms with van der Waals surface area (Å²) < 4.78 is 9.73. The van der Waals surface area contributed by atoms with E-state index in [-0.39, 0.29) is 12.3 Å². The third kappa shape index (κ3) is 4.23. The van der Waals surface area contributed by atoms with Gasteiger partial charge in [0.05, 0.1) is 18.6 Å². The second kappa shape index (κ2) is 8.76. The second-order valence-electron chi connectivity index (χ2n) is 6.81. The van der Waals surface area contributed by atoms with Crippen LogP contribution in [-0.4, -0.2) is 31.2 Å². The van der Waals surface area contributed by atoms with Gasteiger partial charge in [0.2, 0.25) is 5.91 Å². The summed E-state index contributed by atoms with van der Waals surface area (Å²) in [5, 5.41) is 2.87. The number of ether oxygens (including phenoxy) is 1. The van der Waals surface area contributed by atoms with Gasteiger partial charge in [0, 0.05) is 27.1 Å². The van der Waals surface area contributed by atoms with Gasteiger partial charge in [-0.2, -0.15) is 0 Å². The predicted molar refractivity (Wildman–Crippen MR) is 110 cm³/mol. The minimum atomic E-state index is -0.420. The van der Waals surface area contributed by atoms with E-state index in [0.717, 1.165) is 11.0 Å². The number of nitrogens with one attached hydrogen (secondary N) is 1. The molecule has 1 N–H and O–H groups in total. The van der Waals surface area contributed by atoms with Crippen LogP contribution in [0.4, 0.5) is 5.69 Å². The van der Waals surface area contributed by atoms with E-state index >= 15 is 0 Å². The molecule has 9 heteroatoms. The molecular weight excluding hydrogens is 374 g/mol. The average Bonchev–Trinajstić information content (AvgIpc) is 3.14. The highest BCUT2D eigenvalue weighted by Gasteiger charge is 2.14. The molecule has 0 atom stereocenters. The lowest BCUT2D eigenvalue weighted by Gasteiger charge is -2.12. The quantitative estimate of drug-likeness (QED) is 0.621. The van der Waals surface area contributed by atoms with Crippen molar-refractivity contribution in [3.05, 3.63) is 51.4 Å². The summed E-state index contributed by atoms with van der Waals surface area (Å²) in [4.78, 5) is 41.0. The van der Waals surface area contributed by atoms with Gasteiger partial charge in [-0.1, -0.05) is 19.1 Å². The Hall–Kier alpha value is -3.36. The lowest BCUT2D eigenvalue weighted by atomic mass is 10.2. The van der Waals surface area contributed by atoms with Gasteiger partial charge in [-0.05, 0) is 25.0 Å². The number of rotatable bonds is 8. The Kier molecular flexibility index (Phi) is 6.16. The lowest BCUT2D eigenvalue weighted by Crippen LogP contribution is -2.37. The Bertz CT molecular complexity index is 1140. The van der Waals surface area contributed by atoms with Crippen LogP contribution in [0.3, 0.4) is 0 Å². The van der Waals surface area contributed by atoms with Gasteiger partial charge in [0.25, 0.3) is 5.56 Å². The van der Waals surface area contributed by atoms with Crippen LogP contribution in [0.15, 0.2) is 40.2 Å². The fourth-order valence-corrected chi connectivity index (χ4v) is 3.10. The van der Waals surface area contributed by atoms with Crippen molar-refractivity contribution in [2.24, 2.45) is 14.1 Å². The lowest BCUT2D eigenvalue weighted by molar-refractivity contribution is -0.116. The zero-order chi connectivity index (χ0) is 21.0.